The first kappa shape index (κ1) is 13.7. The summed E-state index contributed by atoms with van der Waals surface area (Å²) in [6.07, 6.45) is 14.3. The summed E-state index contributed by atoms with van der Waals surface area (Å²) in [6.45, 7) is 5.79. The lowest BCUT2D eigenvalue weighted by molar-refractivity contribution is -0.119. The van der Waals surface area contributed by atoms with E-state index < -0.39 is 0 Å². The van der Waals surface area contributed by atoms with Gasteiger partial charge in [0, 0.05) is 24.0 Å². The average Bonchev–Trinajstić information content (AvgIpc) is 2.43. The molecule has 3 heteroatoms. The zero-order chi connectivity index (χ0) is 14.5. The fraction of sp³-hybridized carbons (Fsp3) is 0.778. The fourth-order valence-electron chi connectivity index (χ4n) is 6.49. The average molecular weight is 285 g/mol. The summed E-state index contributed by atoms with van der Waals surface area (Å²) in [5.41, 5.74) is 2.33. The number of hydrogen-bond acceptors (Lipinski definition) is 3. The maximum atomic E-state index is 4.28. The summed E-state index contributed by atoms with van der Waals surface area (Å²) in [6, 6.07) is 0.439. The van der Waals surface area contributed by atoms with Crippen molar-refractivity contribution in [1.29, 1.82) is 0 Å². The molecule has 1 heterocycles. The van der Waals surface area contributed by atoms with Crippen molar-refractivity contribution in [3.8, 4) is 0 Å². The lowest BCUT2D eigenvalue weighted by Gasteiger charge is -2.63. The van der Waals surface area contributed by atoms with Gasteiger partial charge in [-0.15, -0.1) is 0 Å². The topological polar surface area (TPSA) is 37.8 Å². The van der Waals surface area contributed by atoms with E-state index in [1.807, 2.05) is 12.4 Å². The molecule has 4 aliphatic rings. The second-order valence-electron chi connectivity index (χ2n) is 8.30. The van der Waals surface area contributed by atoms with Gasteiger partial charge in [0.1, 0.15) is 6.33 Å². The van der Waals surface area contributed by atoms with Crippen molar-refractivity contribution in [2.24, 2.45) is 22.7 Å². The normalized spacial score (nSPS) is 42.2. The third-order valence-electron chi connectivity index (χ3n) is 6.33. The zero-order valence-corrected chi connectivity index (χ0v) is 13.3. The van der Waals surface area contributed by atoms with Crippen LogP contribution in [0.2, 0.25) is 0 Å². The molecule has 3 atom stereocenters. The lowest BCUT2D eigenvalue weighted by Crippen LogP contribution is -2.55. The van der Waals surface area contributed by atoms with E-state index in [2.05, 4.69) is 29.1 Å². The van der Waals surface area contributed by atoms with Crippen LogP contribution in [0.5, 0.6) is 0 Å². The van der Waals surface area contributed by atoms with Gasteiger partial charge in [0.25, 0.3) is 0 Å². The number of nitrogens with zero attached hydrogens (tertiary/aromatic N) is 2. The molecule has 0 amide bonds. The molecule has 21 heavy (non-hydrogen) atoms. The van der Waals surface area contributed by atoms with Gasteiger partial charge in [-0.05, 0) is 67.7 Å². The lowest BCUT2D eigenvalue weighted by atomic mass is 9.43. The van der Waals surface area contributed by atoms with E-state index >= 15 is 0 Å². The van der Waals surface area contributed by atoms with Crippen molar-refractivity contribution < 1.29 is 0 Å². The Labute approximate surface area is 128 Å². The van der Waals surface area contributed by atoms with Crippen molar-refractivity contribution in [3.63, 3.8) is 0 Å². The summed E-state index contributed by atoms with van der Waals surface area (Å²) >= 11 is 0. The summed E-state index contributed by atoms with van der Waals surface area (Å²) in [5, 5.41) is 3.79. The molecule has 5 rings (SSSR count). The van der Waals surface area contributed by atoms with Crippen molar-refractivity contribution in [2.45, 2.75) is 58.4 Å². The van der Waals surface area contributed by atoms with Gasteiger partial charge in [0.2, 0.25) is 0 Å². The largest absolute Gasteiger partial charge is 0.310 e. The zero-order valence-electron chi connectivity index (χ0n) is 13.3. The molecule has 1 N–H and O–H groups in total. The van der Waals surface area contributed by atoms with E-state index in [0.717, 1.165) is 18.4 Å². The van der Waals surface area contributed by atoms with E-state index in [-0.39, 0.29) is 0 Å². The first-order valence-electron chi connectivity index (χ1n) is 8.61. The molecule has 0 radical (unpaired) electrons. The molecule has 3 unspecified atom stereocenters. The van der Waals surface area contributed by atoms with Crippen LogP contribution in [-0.4, -0.2) is 16.5 Å². The minimum Gasteiger partial charge on any atom is -0.310 e. The highest BCUT2D eigenvalue weighted by atomic mass is 15.0. The van der Waals surface area contributed by atoms with E-state index in [1.54, 1.807) is 6.33 Å². The van der Waals surface area contributed by atoms with Crippen LogP contribution in [0.15, 0.2) is 18.7 Å². The smallest absolute Gasteiger partial charge is 0.115 e. The minimum atomic E-state index is 0.439. The first-order valence-corrected chi connectivity index (χ1v) is 8.61. The molecule has 1 aromatic rings. The Hall–Kier alpha value is -0.960. The predicted molar refractivity (Wildman–Crippen MR) is 83.7 cm³/mol. The fourth-order valence-corrected chi connectivity index (χ4v) is 6.49. The Morgan fingerprint density at radius 2 is 1.86 bits per heavy atom. The molecule has 114 valence electrons. The summed E-state index contributed by atoms with van der Waals surface area (Å²) in [4.78, 5) is 8.56. The van der Waals surface area contributed by atoms with Crippen molar-refractivity contribution >= 4 is 0 Å². The third kappa shape index (κ3) is 2.21. The molecule has 0 aliphatic heterocycles. The first-order chi connectivity index (χ1) is 10.1. The van der Waals surface area contributed by atoms with E-state index in [4.69, 9.17) is 0 Å². The van der Waals surface area contributed by atoms with Gasteiger partial charge in [-0.1, -0.05) is 13.8 Å². The molecule has 3 nitrogen and oxygen atoms in total. The van der Waals surface area contributed by atoms with Gasteiger partial charge < -0.3 is 5.32 Å². The Bertz CT molecular complexity index is 498. The van der Waals surface area contributed by atoms with Crippen molar-refractivity contribution in [1.82, 2.24) is 15.3 Å². The van der Waals surface area contributed by atoms with Crippen LogP contribution in [0, 0.1) is 22.7 Å². The molecular formula is C18H27N3. The van der Waals surface area contributed by atoms with Crippen LogP contribution >= 0.6 is 0 Å². The maximum Gasteiger partial charge on any atom is 0.115 e. The second-order valence-corrected chi connectivity index (χ2v) is 8.30. The summed E-state index contributed by atoms with van der Waals surface area (Å²) < 4.78 is 0. The molecule has 4 bridgehead atoms. The van der Waals surface area contributed by atoms with Crippen molar-refractivity contribution in [3.05, 3.63) is 24.3 Å². The number of aromatic nitrogens is 2. The van der Waals surface area contributed by atoms with Crippen LogP contribution in [0.4, 0.5) is 0 Å². The van der Waals surface area contributed by atoms with Gasteiger partial charge in [-0.2, -0.15) is 0 Å². The quantitative estimate of drug-likeness (QED) is 0.916. The predicted octanol–water partition coefficient (Wildman–Crippen LogP) is 3.73. The molecule has 4 aliphatic carbocycles. The Morgan fingerprint density at radius 3 is 2.43 bits per heavy atom. The van der Waals surface area contributed by atoms with Crippen LogP contribution in [0.3, 0.4) is 0 Å². The molecule has 0 saturated heterocycles. The van der Waals surface area contributed by atoms with Gasteiger partial charge in [-0.25, -0.2) is 9.97 Å². The number of hydrogen-bond donors (Lipinski definition) is 1. The molecular weight excluding hydrogens is 258 g/mol. The van der Waals surface area contributed by atoms with Gasteiger partial charge in [0.15, 0.2) is 0 Å². The highest BCUT2D eigenvalue weighted by molar-refractivity contribution is 5.19. The number of nitrogens with one attached hydrogen (secondary N) is 1. The van der Waals surface area contributed by atoms with E-state index in [1.165, 1.54) is 44.1 Å². The second kappa shape index (κ2) is 4.77. The Balaban J connectivity index is 1.72. The molecule has 0 aromatic carbocycles. The monoisotopic (exact) mass is 285 g/mol. The Kier molecular flexibility index (Phi) is 3.11. The molecule has 4 saturated carbocycles. The maximum absolute atomic E-state index is 4.28. The van der Waals surface area contributed by atoms with Gasteiger partial charge in [0.05, 0.1) is 0 Å². The van der Waals surface area contributed by atoms with Gasteiger partial charge in [-0.3, -0.25) is 0 Å². The molecule has 4 fully saturated rings. The van der Waals surface area contributed by atoms with Crippen LogP contribution in [0.25, 0.3) is 0 Å². The SMILES string of the molecule is CCNC(c1cncnc1)C12CC3CC(CC(C)(C3)C1)C2. The van der Waals surface area contributed by atoms with Crippen LogP contribution in [-0.2, 0) is 0 Å². The summed E-state index contributed by atoms with van der Waals surface area (Å²) in [5.74, 6) is 1.92. The Morgan fingerprint density at radius 1 is 1.19 bits per heavy atom. The molecule has 1 aromatic heterocycles. The minimum absolute atomic E-state index is 0.439. The third-order valence-corrected chi connectivity index (χ3v) is 6.33. The van der Waals surface area contributed by atoms with Crippen LogP contribution < -0.4 is 5.32 Å². The van der Waals surface area contributed by atoms with E-state index in [0.29, 0.717) is 16.9 Å². The highest BCUT2D eigenvalue weighted by Crippen LogP contribution is 2.68. The standard InChI is InChI=1S/C18H27N3/c1-3-21-16(15-9-19-12-20-10-15)18-7-13-4-14(8-18)6-17(2,5-13)11-18/h9-10,12-14,16,21H,3-8,11H2,1-2H3. The number of rotatable bonds is 4. The molecule has 0 spiro atoms. The van der Waals surface area contributed by atoms with Crippen molar-refractivity contribution in [2.75, 3.05) is 6.54 Å². The summed E-state index contributed by atoms with van der Waals surface area (Å²) in [7, 11) is 0. The van der Waals surface area contributed by atoms with Gasteiger partial charge >= 0.3 is 0 Å². The van der Waals surface area contributed by atoms with E-state index in [9.17, 15) is 0 Å². The van der Waals surface area contributed by atoms with Crippen LogP contribution in [0.1, 0.15) is 64.0 Å². The highest BCUT2D eigenvalue weighted by Gasteiger charge is 2.58.